The molecule has 0 aromatic carbocycles. The predicted molar refractivity (Wildman–Crippen MR) is 72.6 cm³/mol. The topological polar surface area (TPSA) is 87.0 Å². The molecule has 0 saturated carbocycles. The first-order valence-corrected chi connectivity index (χ1v) is 7.12. The lowest BCUT2D eigenvalue weighted by molar-refractivity contribution is -0.143. The van der Waals surface area contributed by atoms with Gasteiger partial charge in [0.15, 0.2) is 0 Å². The Bertz CT molecular complexity index is 391. The van der Waals surface area contributed by atoms with Crippen molar-refractivity contribution in [3.05, 3.63) is 0 Å². The number of piperidine rings is 1. The second-order valence-corrected chi connectivity index (χ2v) is 5.40. The Labute approximate surface area is 118 Å². The van der Waals surface area contributed by atoms with Crippen molar-refractivity contribution in [3.63, 3.8) is 0 Å². The van der Waals surface area contributed by atoms with Gasteiger partial charge in [-0.1, -0.05) is 0 Å². The van der Waals surface area contributed by atoms with Gasteiger partial charge >= 0.3 is 0 Å². The maximum atomic E-state index is 12.2. The number of rotatable bonds is 4. The number of nitrogens with two attached hydrogens (primary N) is 1. The zero-order valence-corrected chi connectivity index (χ0v) is 11.7. The van der Waals surface area contributed by atoms with E-state index in [0.29, 0.717) is 39.1 Å². The summed E-state index contributed by atoms with van der Waals surface area (Å²) < 4.78 is 0. The van der Waals surface area contributed by atoms with Crippen LogP contribution in [-0.2, 0) is 14.4 Å². The van der Waals surface area contributed by atoms with Crippen LogP contribution >= 0.6 is 0 Å². The van der Waals surface area contributed by atoms with Crippen molar-refractivity contribution in [2.24, 2.45) is 5.73 Å². The van der Waals surface area contributed by atoms with Gasteiger partial charge in [0, 0.05) is 39.1 Å². The van der Waals surface area contributed by atoms with E-state index in [1.165, 1.54) is 0 Å². The molecule has 0 atom stereocenters. The lowest BCUT2D eigenvalue weighted by atomic mass is 10.1. The SMILES string of the molecule is NC(=O)CN1CCN(C(=O)CN2CCCCC2=O)CC1. The standard InChI is InChI=1S/C13H22N4O3/c14-11(18)9-15-5-7-16(8-6-15)13(20)10-17-4-2-1-3-12(17)19/h1-10H2,(H2,14,18). The molecule has 2 N–H and O–H groups in total. The van der Waals surface area contributed by atoms with Gasteiger partial charge in [-0.15, -0.1) is 0 Å². The molecule has 0 aliphatic carbocycles. The highest BCUT2D eigenvalue weighted by atomic mass is 16.2. The molecule has 0 radical (unpaired) electrons. The number of amides is 3. The fraction of sp³-hybridized carbons (Fsp3) is 0.769. The van der Waals surface area contributed by atoms with Gasteiger partial charge in [-0.25, -0.2) is 0 Å². The highest BCUT2D eigenvalue weighted by Crippen LogP contribution is 2.11. The average molecular weight is 282 g/mol. The molecule has 2 aliphatic heterocycles. The van der Waals surface area contributed by atoms with Crippen molar-refractivity contribution in [1.29, 1.82) is 0 Å². The molecule has 3 amide bonds. The molecule has 0 bridgehead atoms. The Balaban J connectivity index is 1.76. The normalized spacial score (nSPS) is 21.1. The molecule has 112 valence electrons. The lowest BCUT2D eigenvalue weighted by Gasteiger charge is -2.35. The number of likely N-dealkylation sites (tertiary alicyclic amines) is 1. The van der Waals surface area contributed by atoms with Crippen LogP contribution in [0.1, 0.15) is 19.3 Å². The summed E-state index contributed by atoms with van der Waals surface area (Å²) in [5.41, 5.74) is 5.15. The molecule has 2 rings (SSSR count). The fourth-order valence-corrected chi connectivity index (χ4v) is 2.67. The van der Waals surface area contributed by atoms with Crippen LogP contribution in [-0.4, -0.2) is 78.2 Å². The average Bonchev–Trinajstić information content (AvgIpc) is 2.41. The van der Waals surface area contributed by atoms with Crippen LogP contribution < -0.4 is 5.73 Å². The molecule has 7 nitrogen and oxygen atoms in total. The van der Waals surface area contributed by atoms with E-state index in [4.69, 9.17) is 5.73 Å². The van der Waals surface area contributed by atoms with Crippen molar-refractivity contribution in [3.8, 4) is 0 Å². The van der Waals surface area contributed by atoms with E-state index in [9.17, 15) is 14.4 Å². The minimum Gasteiger partial charge on any atom is -0.369 e. The van der Waals surface area contributed by atoms with Crippen LogP contribution in [0.25, 0.3) is 0 Å². The van der Waals surface area contributed by atoms with E-state index in [1.807, 2.05) is 4.90 Å². The molecular weight excluding hydrogens is 260 g/mol. The molecule has 0 unspecified atom stereocenters. The van der Waals surface area contributed by atoms with Gasteiger partial charge in [-0.2, -0.15) is 0 Å². The summed E-state index contributed by atoms with van der Waals surface area (Å²) >= 11 is 0. The minimum absolute atomic E-state index is 0.000949. The molecule has 20 heavy (non-hydrogen) atoms. The molecule has 2 saturated heterocycles. The Morgan fingerprint density at radius 3 is 2.30 bits per heavy atom. The van der Waals surface area contributed by atoms with E-state index in [-0.39, 0.29) is 30.8 Å². The zero-order chi connectivity index (χ0) is 14.5. The first-order chi connectivity index (χ1) is 9.56. The summed E-state index contributed by atoms with van der Waals surface area (Å²) in [6, 6.07) is 0. The molecule has 2 fully saturated rings. The highest BCUT2D eigenvalue weighted by molar-refractivity contribution is 5.85. The predicted octanol–water partition coefficient (Wildman–Crippen LogP) is -1.37. The Morgan fingerprint density at radius 2 is 1.70 bits per heavy atom. The van der Waals surface area contributed by atoms with Gasteiger partial charge in [0.25, 0.3) is 0 Å². The van der Waals surface area contributed by atoms with Gasteiger partial charge in [-0.05, 0) is 12.8 Å². The summed E-state index contributed by atoms with van der Waals surface area (Å²) in [4.78, 5) is 40.0. The number of primary amides is 1. The molecule has 7 heteroatoms. The smallest absolute Gasteiger partial charge is 0.242 e. The first kappa shape index (κ1) is 14.8. The maximum Gasteiger partial charge on any atom is 0.242 e. The Hall–Kier alpha value is -1.63. The number of carbonyl (C=O) groups is 3. The van der Waals surface area contributed by atoms with Gasteiger partial charge in [0.1, 0.15) is 0 Å². The molecule has 2 heterocycles. The number of nitrogens with zero attached hydrogens (tertiary/aromatic N) is 3. The Kier molecular flexibility index (Phi) is 4.94. The van der Waals surface area contributed by atoms with Crippen molar-refractivity contribution in [1.82, 2.24) is 14.7 Å². The van der Waals surface area contributed by atoms with Crippen molar-refractivity contribution in [2.75, 3.05) is 45.8 Å². The summed E-state index contributed by atoms with van der Waals surface area (Å²) in [5, 5.41) is 0. The van der Waals surface area contributed by atoms with Crippen LogP contribution in [0.2, 0.25) is 0 Å². The van der Waals surface area contributed by atoms with Crippen molar-refractivity contribution >= 4 is 17.7 Å². The number of hydrogen-bond acceptors (Lipinski definition) is 4. The van der Waals surface area contributed by atoms with Crippen LogP contribution in [0.15, 0.2) is 0 Å². The van der Waals surface area contributed by atoms with Gasteiger partial charge < -0.3 is 15.5 Å². The number of carbonyl (C=O) groups excluding carboxylic acids is 3. The third kappa shape index (κ3) is 3.93. The molecule has 0 aromatic heterocycles. The van der Waals surface area contributed by atoms with Crippen molar-refractivity contribution in [2.45, 2.75) is 19.3 Å². The second kappa shape index (κ2) is 6.69. The second-order valence-electron chi connectivity index (χ2n) is 5.40. The monoisotopic (exact) mass is 282 g/mol. The minimum atomic E-state index is -0.344. The first-order valence-electron chi connectivity index (χ1n) is 7.12. The zero-order valence-electron chi connectivity index (χ0n) is 11.7. The van der Waals surface area contributed by atoms with Crippen LogP contribution in [0.5, 0.6) is 0 Å². The van der Waals surface area contributed by atoms with Gasteiger partial charge in [0.05, 0.1) is 13.1 Å². The van der Waals surface area contributed by atoms with Crippen LogP contribution in [0, 0.1) is 0 Å². The lowest BCUT2D eigenvalue weighted by Crippen LogP contribution is -2.53. The molecule has 0 spiro atoms. The summed E-state index contributed by atoms with van der Waals surface area (Å²) in [6.45, 7) is 3.61. The number of piperazine rings is 1. The largest absolute Gasteiger partial charge is 0.369 e. The third-order valence-electron chi connectivity index (χ3n) is 3.85. The highest BCUT2D eigenvalue weighted by Gasteiger charge is 2.26. The fourth-order valence-electron chi connectivity index (χ4n) is 2.67. The van der Waals surface area contributed by atoms with E-state index in [0.717, 1.165) is 12.8 Å². The summed E-state index contributed by atoms with van der Waals surface area (Å²) in [7, 11) is 0. The summed E-state index contributed by atoms with van der Waals surface area (Å²) in [5.74, 6) is -0.264. The molecular formula is C13H22N4O3. The van der Waals surface area contributed by atoms with Gasteiger partial charge in [-0.3, -0.25) is 19.3 Å². The number of hydrogen-bond donors (Lipinski definition) is 1. The van der Waals surface area contributed by atoms with Gasteiger partial charge in [0.2, 0.25) is 17.7 Å². The quantitative estimate of drug-likeness (QED) is 0.689. The van der Waals surface area contributed by atoms with E-state index >= 15 is 0 Å². The third-order valence-corrected chi connectivity index (χ3v) is 3.85. The van der Waals surface area contributed by atoms with Crippen LogP contribution in [0.3, 0.4) is 0 Å². The molecule has 0 aromatic rings. The Morgan fingerprint density at radius 1 is 1.00 bits per heavy atom. The van der Waals surface area contributed by atoms with Crippen molar-refractivity contribution < 1.29 is 14.4 Å². The van der Waals surface area contributed by atoms with Crippen LogP contribution in [0.4, 0.5) is 0 Å². The van der Waals surface area contributed by atoms with E-state index in [1.54, 1.807) is 9.80 Å². The molecule has 2 aliphatic rings. The van der Waals surface area contributed by atoms with E-state index < -0.39 is 0 Å². The van der Waals surface area contributed by atoms with E-state index in [2.05, 4.69) is 0 Å². The summed E-state index contributed by atoms with van der Waals surface area (Å²) in [6.07, 6.45) is 2.46. The maximum absolute atomic E-state index is 12.2.